The molecule has 0 bridgehead atoms. The Bertz CT molecular complexity index is 515. The lowest BCUT2D eigenvalue weighted by Crippen LogP contribution is -2.41. The van der Waals surface area contributed by atoms with Gasteiger partial charge in [-0.3, -0.25) is 9.59 Å². The standard InChI is InChI=1S/C14H14Cl2O3/c1-19-13(18)14(6-4-10(17)5-7-14)11-3-2-9(15)8-12(11)16/h2-3,8H,4-7H2,1H3. The van der Waals surface area contributed by atoms with Crippen molar-refractivity contribution in [1.82, 2.24) is 0 Å². The van der Waals surface area contributed by atoms with E-state index in [1.54, 1.807) is 18.2 Å². The van der Waals surface area contributed by atoms with Gasteiger partial charge in [0.05, 0.1) is 12.5 Å². The Hall–Kier alpha value is -1.06. The first-order valence-electron chi connectivity index (χ1n) is 6.05. The third-order valence-corrected chi connectivity index (χ3v) is 4.23. The number of methoxy groups -OCH3 is 1. The lowest BCUT2D eigenvalue weighted by molar-refractivity contribution is -0.149. The van der Waals surface area contributed by atoms with Gasteiger partial charge in [-0.25, -0.2) is 0 Å². The first-order valence-corrected chi connectivity index (χ1v) is 6.81. The van der Waals surface area contributed by atoms with Crippen molar-refractivity contribution in [1.29, 1.82) is 0 Å². The molecule has 1 saturated carbocycles. The third-order valence-electron chi connectivity index (χ3n) is 3.68. The summed E-state index contributed by atoms with van der Waals surface area (Å²) in [6.45, 7) is 0. The summed E-state index contributed by atoms with van der Waals surface area (Å²) in [5.74, 6) is -0.172. The SMILES string of the molecule is COC(=O)C1(c2ccc(Cl)cc2Cl)CCC(=O)CC1. The third kappa shape index (κ3) is 2.63. The first kappa shape index (κ1) is 14.4. The minimum Gasteiger partial charge on any atom is -0.468 e. The molecule has 1 aromatic rings. The molecule has 3 nitrogen and oxygen atoms in total. The van der Waals surface area contributed by atoms with E-state index in [2.05, 4.69) is 0 Å². The minimum atomic E-state index is -0.829. The fourth-order valence-corrected chi connectivity index (χ4v) is 3.20. The summed E-state index contributed by atoms with van der Waals surface area (Å²) in [6.07, 6.45) is 1.60. The summed E-state index contributed by atoms with van der Waals surface area (Å²) in [5, 5.41) is 0.952. The van der Waals surface area contributed by atoms with Gasteiger partial charge >= 0.3 is 5.97 Å². The topological polar surface area (TPSA) is 43.4 Å². The number of Topliss-reactive ketones (excluding diaryl/α,β-unsaturated/α-hetero) is 1. The average Bonchev–Trinajstić information content (AvgIpc) is 2.39. The number of halogens is 2. The molecule has 0 amide bonds. The summed E-state index contributed by atoms with van der Waals surface area (Å²) in [4.78, 5) is 23.6. The van der Waals surface area contributed by atoms with Crippen LogP contribution in [0, 0.1) is 0 Å². The van der Waals surface area contributed by atoms with Crippen LogP contribution in [0.2, 0.25) is 10.0 Å². The van der Waals surface area contributed by atoms with Gasteiger partial charge in [0, 0.05) is 22.9 Å². The highest BCUT2D eigenvalue weighted by Crippen LogP contribution is 2.43. The van der Waals surface area contributed by atoms with Gasteiger partial charge in [-0.05, 0) is 30.5 Å². The summed E-state index contributed by atoms with van der Waals surface area (Å²) >= 11 is 12.1. The molecule has 0 atom stereocenters. The first-order chi connectivity index (χ1) is 8.99. The molecular formula is C14H14Cl2O3. The number of benzene rings is 1. The molecular weight excluding hydrogens is 287 g/mol. The van der Waals surface area contributed by atoms with E-state index in [9.17, 15) is 9.59 Å². The Morgan fingerprint density at radius 3 is 2.42 bits per heavy atom. The van der Waals surface area contributed by atoms with E-state index in [4.69, 9.17) is 27.9 Å². The monoisotopic (exact) mass is 300 g/mol. The fraction of sp³-hybridized carbons (Fsp3) is 0.429. The maximum absolute atomic E-state index is 12.2. The molecule has 19 heavy (non-hydrogen) atoms. The molecule has 0 heterocycles. The highest BCUT2D eigenvalue weighted by atomic mass is 35.5. The maximum atomic E-state index is 12.2. The zero-order valence-electron chi connectivity index (χ0n) is 10.5. The predicted molar refractivity (Wildman–Crippen MR) is 73.6 cm³/mol. The van der Waals surface area contributed by atoms with Gasteiger partial charge in [-0.15, -0.1) is 0 Å². The van der Waals surface area contributed by atoms with Gasteiger partial charge in [0.1, 0.15) is 5.78 Å². The Morgan fingerprint density at radius 2 is 1.89 bits per heavy atom. The van der Waals surface area contributed by atoms with Crippen LogP contribution in [0.15, 0.2) is 18.2 Å². The molecule has 1 aliphatic rings. The summed E-state index contributed by atoms with van der Waals surface area (Å²) < 4.78 is 4.93. The molecule has 0 aliphatic heterocycles. The Kier molecular flexibility index (Phi) is 4.16. The van der Waals surface area contributed by atoms with Crippen molar-refractivity contribution in [2.75, 3.05) is 7.11 Å². The smallest absolute Gasteiger partial charge is 0.316 e. The van der Waals surface area contributed by atoms with Crippen LogP contribution in [0.25, 0.3) is 0 Å². The summed E-state index contributed by atoms with van der Waals surface area (Å²) in [6, 6.07) is 5.06. The zero-order valence-corrected chi connectivity index (χ0v) is 12.1. The largest absolute Gasteiger partial charge is 0.468 e. The molecule has 0 saturated heterocycles. The van der Waals surface area contributed by atoms with E-state index in [1.807, 2.05) is 0 Å². The number of rotatable bonds is 2. The van der Waals surface area contributed by atoms with Crippen LogP contribution in [0.5, 0.6) is 0 Å². The van der Waals surface area contributed by atoms with Gasteiger partial charge in [0.15, 0.2) is 0 Å². The van der Waals surface area contributed by atoms with Crippen LogP contribution >= 0.6 is 23.2 Å². The summed E-state index contributed by atoms with van der Waals surface area (Å²) in [7, 11) is 1.35. The number of esters is 1. The minimum absolute atomic E-state index is 0.171. The number of hydrogen-bond acceptors (Lipinski definition) is 3. The van der Waals surface area contributed by atoms with Crippen molar-refractivity contribution in [3.8, 4) is 0 Å². The van der Waals surface area contributed by atoms with Crippen LogP contribution in [-0.4, -0.2) is 18.9 Å². The quantitative estimate of drug-likeness (QED) is 0.785. The van der Waals surface area contributed by atoms with E-state index < -0.39 is 5.41 Å². The number of carbonyl (C=O) groups is 2. The normalized spacial score (nSPS) is 18.2. The second-order valence-corrected chi connectivity index (χ2v) is 5.58. The second kappa shape index (κ2) is 5.51. The maximum Gasteiger partial charge on any atom is 0.316 e. The molecule has 1 aliphatic carbocycles. The Morgan fingerprint density at radius 1 is 1.26 bits per heavy atom. The lowest BCUT2D eigenvalue weighted by atomic mass is 9.69. The second-order valence-electron chi connectivity index (χ2n) is 4.74. The molecule has 0 unspecified atom stereocenters. The highest BCUT2D eigenvalue weighted by molar-refractivity contribution is 6.35. The fourth-order valence-electron chi connectivity index (χ4n) is 2.61. The Labute approximate surface area is 121 Å². The van der Waals surface area contributed by atoms with Crippen LogP contribution in [-0.2, 0) is 19.7 Å². The molecule has 5 heteroatoms. The van der Waals surface area contributed by atoms with E-state index in [1.165, 1.54) is 7.11 Å². The zero-order chi connectivity index (χ0) is 14.0. The lowest BCUT2D eigenvalue weighted by Gasteiger charge is -2.35. The molecule has 1 fully saturated rings. The van der Waals surface area contributed by atoms with E-state index in [-0.39, 0.29) is 11.8 Å². The number of ketones is 1. The van der Waals surface area contributed by atoms with Gasteiger partial charge in [-0.1, -0.05) is 29.3 Å². The molecule has 2 rings (SSSR count). The highest BCUT2D eigenvalue weighted by Gasteiger charge is 2.45. The molecule has 102 valence electrons. The van der Waals surface area contributed by atoms with Gasteiger partial charge < -0.3 is 4.74 Å². The molecule has 0 N–H and O–H groups in total. The van der Waals surface area contributed by atoms with E-state index in [0.29, 0.717) is 41.3 Å². The van der Waals surface area contributed by atoms with Crippen molar-refractivity contribution in [2.45, 2.75) is 31.1 Å². The average molecular weight is 301 g/mol. The van der Waals surface area contributed by atoms with E-state index in [0.717, 1.165) is 0 Å². The van der Waals surface area contributed by atoms with Crippen LogP contribution in [0.4, 0.5) is 0 Å². The number of hydrogen-bond donors (Lipinski definition) is 0. The van der Waals surface area contributed by atoms with Gasteiger partial charge in [0.25, 0.3) is 0 Å². The van der Waals surface area contributed by atoms with Crippen molar-refractivity contribution in [2.24, 2.45) is 0 Å². The molecule has 0 radical (unpaired) electrons. The molecule has 0 spiro atoms. The van der Waals surface area contributed by atoms with Crippen molar-refractivity contribution in [3.63, 3.8) is 0 Å². The van der Waals surface area contributed by atoms with E-state index >= 15 is 0 Å². The Balaban J connectivity index is 2.48. The van der Waals surface area contributed by atoms with Crippen LogP contribution in [0.1, 0.15) is 31.2 Å². The molecule has 0 aromatic heterocycles. The predicted octanol–water partition coefficient (Wildman–Crippen LogP) is 3.55. The van der Waals surface area contributed by atoms with Crippen LogP contribution in [0.3, 0.4) is 0 Å². The molecule has 1 aromatic carbocycles. The number of ether oxygens (including phenoxy) is 1. The van der Waals surface area contributed by atoms with Crippen LogP contribution < -0.4 is 0 Å². The summed E-state index contributed by atoms with van der Waals surface area (Å²) in [5.41, 5.74) is -0.137. The van der Waals surface area contributed by atoms with Crippen molar-refractivity contribution in [3.05, 3.63) is 33.8 Å². The van der Waals surface area contributed by atoms with Gasteiger partial charge in [-0.2, -0.15) is 0 Å². The van der Waals surface area contributed by atoms with Gasteiger partial charge in [0.2, 0.25) is 0 Å². The van der Waals surface area contributed by atoms with Crippen molar-refractivity contribution >= 4 is 35.0 Å². The van der Waals surface area contributed by atoms with Crippen molar-refractivity contribution < 1.29 is 14.3 Å². The number of carbonyl (C=O) groups excluding carboxylic acids is 2.